The number of halogens is 7. The van der Waals surface area contributed by atoms with Crippen LogP contribution < -0.4 is 16.4 Å². The molecule has 1 amide bonds. The molecule has 1 fully saturated rings. The van der Waals surface area contributed by atoms with Crippen LogP contribution in [0, 0.1) is 0 Å². The molecule has 1 saturated carbocycles. The second-order valence-corrected chi connectivity index (χ2v) is 9.39. The molecule has 17 heteroatoms. The first-order valence-electron chi connectivity index (χ1n) is 10.3. The number of anilines is 2. The van der Waals surface area contributed by atoms with Gasteiger partial charge in [0.1, 0.15) is 16.2 Å². The van der Waals surface area contributed by atoms with Gasteiger partial charge in [-0.2, -0.15) is 13.2 Å². The Labute approximate surface area is 211 Å². The highest BCUT2D eigenvalue weighted by Gasteiger charge is 2.44. The summed E-state index contributed by atoms with van der Waals surface area (Å²) in [6.07, 6.45) is -5.86. The fourth-order valence-corrected chi connectivity index (χ4v) is 4.96. The zero-order valence-corrected chi connectivity index (χ0v) is 20.0. The molecule has 1 aliphatic carbocycles. The van der Waals surface area contributed by atoms with Crippen LogP contribution in [-0.2, 0) is 4.79 Å². The lowest BCUT2D eigenvalue weighted by atomic mass is 9.87. The van der Waals surface area contributed by atoms with Gasteiger partial charge in [-0.05, 0) is 12.8 Å². The van der Waals surface area contributed by atoms with Crippen molar-refractivity contribution in [1.29, 1.82) is 0 Å². The first-order valence-corrected chi connectivity index (χ1v) is 12.1. The number of nitrogens with one attached hydrogen (secondary N) is 2. The summed E-state index contributed by atoms with van der Waals surface area (Å²) in [5.74, 6) is -6.11. The molecule has 0 radical (unpaired) electrons. The number of rotatable bonds is 5. The van der Waals surface area contributed by atoms with Gasteiger partial charge in [0.05, 0.1) is 29.1 Å². The van der Waals surface area contributed by atoms with Gasteiger partial charge in [-0.25, -0.2) is 32.3 Å². The number of nitrogens with two attached hydrogens (primary N) is 1. The van der Waals surface area contributed by atoms with E-state index in [1.54, 1.807) is 0 Å². The molecule has 3 aromatic heterocycles. The average molecular weight is 574 g/mol. The summed E-state index contributed by atoms with van der Waals surface area (Å²) in [4.78, 5) is 30.6. The number of aliphatic carboxylic acids is 1. The number of carboxylic acids is 1. The van der Waals surface area contributed by atoms with Crippen molar-refractivity contribution < 1.29 is 45.4 Å². The Balaban J connectivity index is 0.000000479. The quantitative estimate of drug-likeness (QED) is 0.297. The maximum absolute atomic E-state index is 13.9. The molecule has 4 rings (SSSR count). The van der Waals surface area contributed by atoms with E-state index in [1.165, 1.54) is 33.7 Å². The van der Waals surface area contributed by atoms with Crippen LogP contribution >= 0.6 is 22.7 Å². The number of hydrogen-bond donors (Lipinski definition) is 4. The smallest absolute Gasteiger partial charge is 0.475 e. The van der Waals surface area contributed by atoms with Crippen LogP contribution in [0.2, 0.25) is 0 Å². The molecule has 1 aliphatic rings. The van der Waals surface area contributed by atoms with Gasteiger partial charge in [0.15, 0.2) is 0 Å². The maximum atomic E-state index is 13.9. The molecule has 8 nitrogen and oxygen atoms in total. The Kier molecular flexibility index (Phi) is 8.59. The Bertz CT molecular complexity index is 1260. The van der Waals surface area contributed by atoms with Crippen LogP contribution in [0.15, 0.2) is 22.3 Å². The Hall–Kier alpha value is -3.05. The van der Waals surface area contributed by atoms with Gasteiger partial charge in [0, 0.05) is 28.6 Å². The molecule has 2 atom stereocenters. The number of fused-ring (bicyclic) bond motifs is 1. The molecule has 37 heavy (non-hydrogen) atoms. The third kappa shape index (κ3) is 6.84. The van der Waals surface area contributed by atoms with Gasteiger partial charge >= 0.3 is 12.1 Å². The van der Waals surface area contributed by atoms with Gasteiger partial charge in [0.2, 0.25) is 0 Å². The van der Waals surface area contributed by atoms with Crippen molar-refractivity contribution in [2.45, 2.75) is 49.9 Å². The Morgan fingerprint density at radius 1 is 1.22 bits per heavy atom. The average Bonchev–Trinajstić information content (AvgIpc) is 3.43. The minimum Gasteiger partial charge on any atom is -0.475 e. The van der Waals surface area contributed by atoms with Gasteiger partial charge in [-0.1, -0.05) is 0 Å². The molecular formula is C20H18F7N5O3S2. The van der Waals surface area contributed by atoms with E-state index < -0.39 is 42.5 Å². The molecule has 0 aromatic carbocycles. The van der Waals surface area contributed by atoms with E-state index in [1.807, 2.05) is 0 Å². The monoisotopic (exact) mass is 573 g/mol. The standard InChI is InChI=1S/C18H17F4N5OS2.C2HF3O2/c19-15(20)8-5-29-7-11(8)26-16(28)9-6-30-17-13(9)27-12(4-24-17)25-10-2-1-3-18(21,22)14(10)23;3-2(4,5)1(6)7/h4-7,10,14-15H,1-3,23H2,(H,25,27)(H,26,28);(H,6,7)/t10-,14-;/m1./s1. The third-order valence-electron chi connectivity index (χ3n) is 5.22. The largest absolute Gasteiger partial charge is 0.490 e. The number of carbonyl (C=O) groups is 2. The number of amides is 1. The van der Waals surface area contributed by atoms with Crippen LogP contribution in [0.4, 0.5) is 42.2 Å². The highest BCUT2D eigenvalue weighted by molar-refractivity contribution is 7.17. The summed E-state index contributed by atoms with van der Waals surface area (Å²) < 4.78 is 85.6. The van der Waals surface area contributed by atoms with Gasteiger partial charge in [0.25, 0.3) is 18.3 Å². The number of aromatic nitrogens is 2. The van der Waals surface area contributed by atoms with E-state index in [-0.39, 0.29) is 34.6 Å². The van der Waals surface area contributed by atoms with E-state index in [2.05, 4.69) is 20.6 Å². The highest BCUT2D eigenvalue weighted by atomic mass is 32.1. The first kappa shape index (κ1) is 28.5. The number of hydrogen-bond acceptors (Lipinski definition) is 8. The molecule has 0 unspecified atom stereocenters. The second kappa shape index (κ2) is 11.1. The molecule has 0 saturated heterocycles. The van der Waals surface area contributed by atoms with Crippen molar-refractivity contribution in [2.24, 2.45) is 5.73 Å². The van der Waals surface area contributed by atoms with E-state index in [9.17, 15) is 35.5 Å². The molecule has 3 heterocycles. The Morgan fingerprint density at radius 3 is 2.51 bits per heavy atom. The SMILES string of the molecule is N[C@@H]1[C@H](Nc2cnc3scc(C(=O)Nc4cscc4C(F)F)c3n2)CCCC1(F)F.O=C(O)C(F)(F)F. The summed E-state index contributed by atoms with van der Waals surface area (Å²) >= 11 is 2.22. The van der Waals surface area contributed by atoms with Crippen molar-refractivity contribution in [2.75, 3.05) is 10.6 Å². The van der Waals surface area contributed by atoms with E-state index in [4.69, 9.17) is 15.6 Å². The van der Waals surface area contributed by atoms with Crippen LogP contribution in [0.5, 0.6) is 0 Å². The summed E-state index contributed by atoms with van der Waals surface area (Å²) in [6.45, 7) is 0. The fraction of sp³-hybridized carbons (Fsp3) is 0.400. The third-order valence-corrected chi connectivity index (χ3v) is 6.86. The summed E-state index contributed by atoms with van der Waals surface area (Å²) in [6, 6.07) is -2.05. The fourth-order valence-electron chi connectivity index (χ4n) is 3.36. The van der Waals surface area contributed by atoms with Crippen LogP contribution in [0.3, 0.4) is 0 Å². The van der Waals surface area contributed by atoms with Gasteiger partial charge < -0.3 is 21.5 Å². The molecule has 0 bridgehead atoms. The second-order valence-electron chi connectivity index (χ2n) is 7.79. The summed E-state index contributed by atoms with van der Waals surface area (Å²) in [5, 5.41) is 16.7. The van der Waals surface area contributed by atoms with Crippen LogP contribution in [0.25, 0.3) is 10.3 Å². The molecular weight excluding hydrogens is 555 g/mol. The zero-order valence-electron chi connectivity index (χ0n) is 18.4. The normalized spacial score (nSPS) is 19.3. The number of carbonyl (C=O) groups excluding carboxylic acids is 1. The van der Waals surface area contributed by atoms with Crippen molar-refractivity contribution in [1.82, 2.24) is 9.97 Å². The first-order chi connectivity index (χ1) is 17.2. The predicted octanol–water partition coefficient (Wildman–Crippen LogP) is 5.50. The summed E-state index contributed by atoms with van der Waals surface area (Å²) in [7, 11) is 0. The van der Waals surface area contributed by atoms with E-state index >= 15 is 0 Å². The van der Waals surface area contributed by atoms with Crippen LogP contribution in [-0.4, -0.2) is 51.1 Å². The number of carboxylic acid groups (broad SMARTS) is 1. The van der Waals surface area contributed by atoms with Crippen molar-refractivity contribution >= 4 is 56.4 Å². The number of alkyl halides is 7. The molecule has 5 N–H and O–H groups in total. The van der Waals surface area contributed by atoms with Gasteiger partial charge in [-0.15, -0.1) is 22.7 Å². The topological polar surface area (TPSA) is 130 Å². The van der Waals surface area contributed by atoms with E-state index in [0.717, 1.165) is 11.3 Å². The van der Waals surface area contributed by atoms with Crippen molar-refractivity contribution in [3.05, 3.63) is 33.5 Å². The zero-order chi connectivity index (χ0) is 27.5. The predicted molar refractivity (Wildman–Crippen MR) is 123 cm³/mol. The lowest BCUT2D eigenvalue weighted by Gasteiger charge is -2.36. The van der Waals surface area contributed by atoms with E-state index in [0.29, 0.717) is 17.7 Å². The van der Waals surface area contributed by atoms with Crippen molar-refractivity contribution in [3.63, 3.8) is 0 Å². The molecule has 202 valence electrons. The van der Waals surface area contributed by atoms with Crippen LogP contribution in [0.1, 0.15) is 41.6 Å². The minimum atomic E-state index is -5.08. The maximum Gasteiger partial charge on any atom is 0.490 e. The van der Waals surface area contributed by atoms with Gasteiger partial charge in [-0.3, -0.25) is 4.79 Å². The summed E-state index contributed by atoms with van der Waals surface area (Å²) in [5.41, 5.74) is 5.91. The number of nitrogens with zero attached hydrogens (tertiary/aromatic N) is 2. The number of thiophene rings is 2. The minimum absolute atomic E-state index is 0.0389. The van der Waals surface area contributed by atoms with Crippen molar-refractivity contribution in [3.8, 4) is 0 Å². The highest BCUT2D eigenvalue weighted by Crippen LogP contribution is 2.34. The lowest BCUT2D eigenvalue weighted by Crippen LogP contribution is -2.55. The molecule has 3 aromatic rings. The Morgan fingerprint density at radius 2 is 1.89 bits per heavy atom. The molecule has 0 spiro atoms. The lowest BCUT2D eigenvalue weighted by molar-refractivity contribution is -0.192. The molecule has 0 aliphatic heterocycles.